The molecule has 1 heterocycles. The van der Waals surface area contributed by atoms with E-state index in [0.29, 0.717) is 18.7 Å². The molecule has 0 aliphatic carbocycles. The number of anilines is 1. The molecule has 18 heavy (non-hydrogen) atoms. The molecule has 96 valence electrons. The van der Waals surface area contributed by atoms with E-state index >= 15 is 0 Å². The summed E-state index contributed by atoms with van der Waals surface area (Å²) < 4.78 is 13.0. The minimum atomic E-state index is -0.540. The molecular formula is C12H11Cl2FN2O. The first kappa shape index (κ1) is 13.3. The third-order valence-corrected chi connectivity index (χ3v) is 3.39. The molecule has 0 radical (unpaired) electrons. The highest BCUT2D eigenvalue weighted by atomic mass is 35.5. The van der Waals surface area contributed by atoms with E-state index in [1.807, 2.05) is 0 Å². The normalized spacial score (nSPS) is 14.1. The number of halogens is 3. The number of hydrogen-bond donors (Lipinski definition) is 2. The van der Waals surface area contributed by atoms with Crippen LogP contribution in [0.15, 0.2) is 23.3 Å². The molecule has 1 aromatic carbocycles. The van der Waals surface area contributed by atoms with Crippen molar-refractivity contribution in [2.75, 3.05) is 18.4 Å². The summed E-state index contributed by atoms with van der Waals surface area (Å²) in [7, 11) is 0. The van der Waals surface area contributed by atoms with E-state index in [-0.39, 0.29) is 21.6 Å². The molecule has 1 aromatic rings. The first-order valence-electron chi connectivity index (χ1n) is 5.34. The van der Waals surface area contributed by atoms with Crippen LogP contribution in [0.4, 0.5) is 10.1 Å². The van der Waals surface area contributed by atoms with Gasteiger partial charge in [-0.05, 0) is 24.6 Å². The Kier molecular flexibility index (Phi) is 3.90. The summed E-state index contributed by atoms with van der Waals surface area (Å²) in [6.07, 6.45) is 0. The van der Waals surface area contributed by atoms with Gasteiger partial charge in [0.2, 0.25) is 0 Å². The third-order valence-electron chi connectivity index (χ3n) is 2.79. The fourth-order valence-electron chi connectivity index (χ4n) is 1.54. The Morgan fingerprint density at radius 2 is 1.89 bits per heavy atom. The second kappa shape index (κ2) is 5.26. The second-order valence-electron chi connectivity index (χ2n) is 4.03. The summed E-state index contributed by atoms with van der Waals surface area (Å²) >= 11 is 11.7. The van der Waals surface area contributed by atoms with Gasteiger partial charge in [-0.1, -0.05) is 23.2 Å². The van der Waals surface area contributed by atoms with Crippen molar-refractivity contribution in [3.8, 4) is 0 Å². The SMILES string of the molecule is CC(C(=O)Nc1c(Cl)cc(F)cc1Cl)=C1CNC1. The molecule has 0 spiro atoms. The van der Waals surface area contributed by atoms with Crippen LogP contribution in [0.2, 0.25) is 10.0 Å². The monoisotopic (exact) mass is 288 g/mol. The minimum absolute atomic E-state index is 0.0814. The quantitative estimate of drug-likeness (QED) is 0.822. The molecule has 1 aliphatic rings. The first-order valence-corrected chi connectivity index (χ1v) is 6.10. The molecule has 3 nitrogen and oxygen atoms in total. The van der Waals surface area contributed by atoms with Crippen LogP contribution in [0.25, 0.3) is 0 Å². The van der Waals surface area contributed by atoms with Gasteiger partial charge in [-0.3, -0.25) is 4.79 Å². The van der Waals surface area contributed by atoms with Crippen LogP contribution in [0.5, 0.6) is 0 Å². The number of carbonyl (C=O) groups is 1. The lowest BCUT2D eigenvalue weighted by atomic mass is 10.0. The number of hydrogen-bond acceptors (Lipinski definition) is 2. The Labute approximate surface area is 114 Å². The zero-order valence-electron chi connectivity index (χ0n) is 9.61. The summed E-state index contributed by atoms with van der Waals surface area (Å²) in [5, 5.41) is 5.81. The van der Waals surface area contributed by atoms with E-state index in [2.05, 4.69) is 10.6 Å². The molecule has 2 rings (SSSR count). The molecule has 2 N–H and O–H groups in total. The van der Waals surface area contributed by atoms with Crippen molar-refractivity contribution in [1.82, 2.24) is 5.32 Å². The summed E-state index contributed by atoms with van der Waals surface area (Å²) in [6, 6.07) is 2.22. The van der Waals surface area contributed by atoms with Gasteiger partial charge >= 0.3 is 0 Å². The third kappa shape index (κ3) is 2.66. The van der Waals surface area contributed by atoms with Gasteiger partial charge in [0.15, 0.2) is 0 Å². The molecule has 1 fully saturated rings. The summed E-state index contributed by atoms with van der Waals surface area (Å²) in [5.74, 6) is -0.817. The van der Waals surface area contributed by atoms with Crippen LogP contribution >= 0.6 is 23.2 Å². The van der Waals surface area contributed by atoms with Crippen molar-refractivity contribution in [3.63, 3.8) is 0 Å². The molecule has 6 heteroatoms. The van der Waals surface area contributed by atoms with Gasteiger partial charge < -0.3 is 10.6 Å². The Morgan fingerprint density at radius 3 is 2.33 bits per heavy atom. The van der Waals surface area contributed by atoms with Gasteiger partial charge in [-0.2, -0.15) is 0 Å². The lowest BCUT2D eigenvalue weighted by Gasteiger charge is -2.21. The molecular weight excluding hydrogens is 278 g/mol. The second-order valence-corrected chi connectivity index (χ2v) is 4.85. The zero-order valence-corrected chi connectivity index (χ0v) is 11.1. The van der Waals surface area contributed by atoms with Gasteiger partial charge in [-0.25, -0.2) is 4.39 Å². The van der Waals surface area contributed by atoms with E-state index in [1.165, 1.54) is 0 Å². The van der Waals surface area contributed by atoms with Crippen LogP contribution in [0, 0.1) is 5.82 Å². The van der Waals surface area contributed by atoms with Crippen LogP contribution in [-0.4, -0.2) is 19.0 Å². The summed E-state index contributed by atoms with van der Waals surface area (Å²) in [5.41, 5.74) is 1.91. The topological polar surface area (TPSA) is 41.1 Å². The van der Waals surface area contributed by atoms with Crippen molar-refractivity contribution in [2.45, 2.75) is 6.92 Å². The Bertz CT molecular complexity index is 514. The predicted octanol–water partition coefficient (Wildman–Crippen LogP) is 2.99. The molecule has 1 amide bonds. The van der Waals surface area contributed by atoms with Gasteiger partial charge in [0.1, 0.15) is 5.82 Å². The zero-order chi connectivity index (χ0) is 13.3. The number of nitrogens with one attached hydrogen (secondary N) is 2. The van der Waals surface area contributed by atoms with Gasteiger partial charge in [-0.15, -0.1) is 0 Å². The smallest absolute Gasteiger partial charge is 0.251 e. The van der Waals surface area contributed by atoms with E-state index in [9.17, 15) is 9.18 Å². The van der Waals surface area contributed by atoms with E-state index in [4.69, 9.17) is 23.2 Å². The highest BCUT2D eigenvalue weighted by molar-refractivity contribution is 6.40. The highest BCUT2D eigenvalue weighted by Crippen LogP contribution is 2.31. The Balaban J connectivity index is 2.22. The van der Waals surface area contributed by atoms with Crippen molar-refractivity contribution in [2.24, 2.45) is 0 Å². The number of rotatable bonds is 2. The summed E-state index contributed by atoms with van der Waals surface area (Å²) in [6.45, 7) is 3.16. The maximum Gasteiger partial charge on any atom is 0.251 e. The van der Waals surface area contributed by atoms with Gasteiger partial charge in [0, 0.05) is 18.7 Å². The van der Waals surface area contributed by atoms with E-state index in [1.54, 1.807) is 6.92 Å². The van der Waals surface area contributed by atoms with Crippen molar-refractivity contribution in [3.05, 3.63) is 39.1 Å². The molecule has 0 unspecified atom stereocenters. The summed E-state index contributed by atoms with van der Waals surface area (Å²) in [4.78, 5) is 11.9. The van der Waals surface area contributed by atoms with Crippen molar-refractivity contribution in [1.29, 1.82) is 0 Å². The lowest BCUT2D eigenvalue weighted by Crippen LogP contribution is -2.36. The first-order chi connectivity index (χ1) is 8.49. The average molecular weight is 289 g/mol. The maximum atomic E-state index is 13.0. The van der Waals surface area contributed by atoms with Crippen LogP contribution in [0.3, 0.4) is 0 Å². The fourth-order valence-corrected chi connectivity index (χ4v) is 2.10. The maximum absolute atomic E-state index is 13.0. The van der Waals surface area contributed by atoms with E-state index < -0.39 is 5.82 Å². The molecule has 1 saturated heterocycles. The number of benzene rings is 1. The average Bonchev–Trinajstić information content (AvgIpc) is 2.20. The predicted molar refractivity (Wildman–Crippen MR) is 70.6 cm³/mol. The fraction of sp³-hybridized carbons (Fsp3) is 0.250. The Hall–Kier alpha value is -1.10. The van der Waals surface area contributed by atoms with Crippen LogP contribution in [0.1, 0.15) is 6.92 Å². The molecule has 1 aliphatic heterocycles. The lowest BCUT2D eigenvalue weighted by molar-refractivity contribution is -0.112. The van der Waals surface area contributed by atoms with Crippen LogP contribution < -0.4 is 10.6 Å². The molecule has 0 saturated carbocycles. The van der Waals surface area contributed by atoms with E-state index in [0.717, 1.165) is 17.7 Å². The van der Waals surface area contributed by atoms with Crippen molar-refractivity contribution < 1.29 is 9.18 Å². The molecule has 0 bridgehead atoms. The molecule has 0 aromatic heterocycles. The molecule has 0 atom stereocenters. The van der Waals surface area contributed by atoms with Crippen molar-refractivity contribution >= 4 is 34.8 Å². The number of amides is 1. The van der Waals surface area contributed by atoms with Gasteiger partial charge in [0.05, 0.1) is 15.7 Å². The van der Waals surface area contributed by atoms with Crippen LogP contribution in [-0.2, 0) is 4.79 Å². The largest absolute Gasteiger partial charge is 0.320 e. The number of carbonyl (C=O) groups excluding carboxylic acids is 1. The highest BCUT2D eigenvalue weighted by Gasteiger charge is 2.18. The van der Waals surface area contributed by atoms with Gasteiger partial charge in [0.25, 0.3) is 5.91 Å². The standard InChI is InChI=1S/C12H11Cl2FN2O/c1-6(7-4-16-5-7)12(18)17-11-9(13)2-8(15)3-10(11)14/h2-3,16H,4-5H2,1H3,(H,17,18). The minimum Gasteiger partial charge on any atom is -0.320 e. The Morgan fingerprint density at radius 1 is 1.33 bits per heavy atom.